The lowest BCUT2D eigenvalue weighted by molar-refractivity contribution is 0.321. The first kappa shape index (κ1) is 25.5. The zero-order valence-electron chi connectivity index (χ0n) is 12.0. The lowest BCUT2D eigenvalue weighted by Gasteiger charge is -2.13. The van der Waals surface area contributed by atoms with Gasteiger partial charge >= 0.3 is 0 Å². The minimum atomic E-state index is 0. The molecule has 104 valence electrons. The van der Waals surface area contributed by atoms with E-state index in [2.05, 4.69) is 51.3 Å². The van der Waals surface area contributed by atoms with Crippen molar-refractivity contribution in [3.8, 4) is 0 Å². The van der Waals surface area contributed by atoms with Crippen LogP contribution in [0.2, 0.25) is 0 Å². The zero-order chi connectivity index (χ0) is 11.4. The molecule has 16 heavy (non-hydrogen) atoms. The normalized spacial score (nSPS) is 9.00. The predicted molar refractivity (Wildman–Crippen MR) is 84.5 cm³/mol. The maximum Gasteiger partial charge on any atom is -0.00474 e. The van der Waals surface area contributed by atoms with Crippen LogP contribution in [-0.4, -0.2) is 49.1 Å². The van der Waals surface area contributed by atoms with Crippen molar-refractivity contribution in [2.24, 2.45) is 0 Å². The fourth-order valence-corrected chi connectivity index (χ4v) is 1.34. The number of rotatable bonds is 6. The average Bonchev–Trinajstić information content (AvgIpc) is 2.24. The van der Waals surface area contributed by atoms with E-state index in [-0.39, 0.29) is 29.4 Å². The summed E-state index contributed by atoms with van der Waals surface area (Å²) >= 11 is 0. The Labute approximate surface area is 120 Å². The molecule has 2 nitrogen and oxygen atoms in total. The fraction of sp³-hybridized carbons (Fsp3) is 1.00. The molecule has 0 N–H and O–H groups in total. The standard InChI is InChI=1S/2C6H15N.BrH.ClH/c2*1-4-7(5-2)6-3;;/h2*4-6H2,1-3H3;2*1H. The fourth-order valence-electron chi connectivity index (χ4n) is 1.34. The quantitative estimate of drug-likeness (QED) is 0.736. The minimum Gasteiger partial charge on any atom is -0.304 e. The number of hydrogen-bond acceptors (Lipinski definition) is 2. The van der Waals surface area contributed by atoms with Crippen molar-refractivity contribution >= 4 is 29.4 Å². The van der Waals surface area contributed by atoms with Crippen molar-refractivity contribution in [3.63, 3.8) is 0 Å². The van der Waals surface area contributed by atoms with Crippen LogP contribution in [-0.2, 0) is 0 Å². The highest BCUT2D eigenvalue weighted by atomic mass is 79.9. The van der Waals surface area contributed by atoms with E-state index >= 15 is 0 Å². The topological polar surface area (TPSA) is 6.48 Å². The third kappa shape index (κ3) is 17.1. The molecule has 0 fully saturated rings. The van der Waals surface area contributed by atoms with Crippen LogP contribution in [0.1, 0.15) is 41.5 Å². The second-order valence-electron chi connectivity index (χ2n) is 3.24. The van der Waals surface area contributed by atoms with Crippen LogP contribution >= 0.6 is 29.4 Å². The molecule has 0 aromatic carbocycles. The van der Waals surface area contributed by atoms with E-state index in [0.717, 1.165) is 0 Å². The molecule has 0 bridgehead atoms. The van der Waals surface area contributed by atoms with Crippen molar-refractivity contribution in [1.82, 2.24) is 9.80 Å². The molecule has 0 spiro atoms. The molecule has 0 rings (SSSR count). The van der Waals surface area contributed by atoms with Crippen molar-refractivity contribution < 1.29 is 0 Å². The summed E-state index contributed by atoms with van der Waals surface area (Å²) in [6.45, 7) is 20.2. The van der Waals surface area contributed by atoms with Crippen molar-refractivity contribution in [1.29, 1.82) is 0 Å². The van der Waals surface area contributed by atoms with E-state index < -0.39 is 0 Å². The summed E-state index contributed by atoms with van der Waals surface area (Å²) in [5.74, 6) is 0. The number of nitrogens with zero attached hydrogens (tertiary/aromatic N) is 2. The first-order chi connectivity index (χ1) is 6.69. The molecule has 0 atom stereocenters. The van der Waals surface area contributed by atoms with Crippen LogP contribution < -0.4 is 0 Å². The molecule has 0 heterocycles. The van der Waals surface area contributed by atoms with Crippen LogP contribution in [0.4, 0.5) is 0 Å². The Morgan fingerprint density at radius 2 is 0.625 bits per heavy atom. The summed E-state index contributed by atoms with van der Waals surface area (Å²) in [5.41, 5.74) is 0. The van der Waals surface area contributed by atoms with Crippen LogP contribution in [0.5, 0.6) is 0 Å². The van der Waals surface area contributed by atoms with E-state index in [1.807, 2.05) is 0 Å². The predicted octanol–water partition coefficient (Wildman–Crippen LogP) is 3.70. The maximum atomic E-state index is 2.38. The Hall–Kier alpha value is 0.690. The first-order valence-corrected chi connectivity index (χ1v) is 6.14. The second kappa shape index (κ2) is 21.0. The largest absolute Gasteiger partial charge is 0.304 e. The molecule has 0 aromatic rings. The highest BCUT2D eigenvalue weighted by Crippen LogP contribution is 1.82. The van der Waals surface area contributed by atoms with Gasteiger partial charge in [-0.3, -0.25) is 0 Å². The van der Waals surface area contributed by atoms with Gasteiger partial charge in [-0.1, -0.05) is 41.5 Å². The van der Waals surface area contributed by atoms with Gasteiger partial charge in [-0.15, -0.1) is 29.4 Å². The highest BCUT2D eigenvalue weighted by Gasteiger charge is 1.89. The Balaban J connectivity index is -0.0000000800. The van der Waals surface area contributed by atoms with Gasteiger partial charge in [0, 0.05) is 0 Å². The van der Waals surface area contributed by atoms with Gasteiger partial charge < -0.3 is 9.80 Å². The Morgan fingerprint density at radius 1 is 0.500 bits per heavy atom. The smallest absolute Gasteiger partial charge is 0.00474 e. The summed E-state index contributed by atoms with van der Waals surface area (Å²) in [7, 11) is 0. The van der Waals surface area contributed by atoms with Gasteiger partial charge in [-0.2, -0.15) is 0 Å². The minimum absolute atomic E-state index is 0. The molecular weight excluding hydrogens is 288 g/mol. The van der Waals surface area contributed by atoms with Gasteiger partial charge in [0.05, 0.1) is 0 Å². The van der Waals surface area contributed by atoms with Crippen molar-refractivity contribution in [3.05, 3.63) is 0 Å². The molecular formula is C12H32BrClN2. The molecule has 0 saturated carbocycles. The van der Waals surface area contributed by atoms with E-state index in [1.54, 1.807) is 0 Å². The molecule has 0 aromatic heterocycles. The zero-order valence-corrected chi connectivity index (χ0v) is 14.5. The molecule has 0 unspecified atom stereocenters. The van der Waals surface area contributed by atoms with Crippen molar-refractivity contribution in [2.75, 3.05) is 39.3 Å². The van der Waals surface area contributed by atoms with E-state index in [0.29, 0.717) is 0 Å². The monoisotopic (exact) mass is 318 g/mol. The molecule has 0 aliphatic carbocycles. The average molecular weight is 320 g/mol. The number of hydrogen-bond donors (Lipinski definition) is 0. The van der Waals surface area contributed by atoms with Crippen molar-refractivity contribution in [2.45, 2.75) is 41.5 Å². The van der Waals surface area contributed by atoms with Crippen LogP contribution in [0, 0.1) is 0 Å². The van der Waals surface area contributed by atoms with Crippen LogP contribution in [0.15, 0.2) is 0 Å². The van der Waals surface area contributed by atoms with Gasteiger partial charge in [0.15, 0.2) is 0 Å². The first-order valence-electron chi connectivity index (χ1n) is 6.14. The molecule has 4 heteroatoms. The molecule has 0 saturated heterocycles. The van der Waals surface area contributed by atoms with Crippen LogP contribution in [0.25, 0.3) is 0 Å². The summed E-state index contributed by atoms with van der Waals surface area (Å²) in [4.78, 5) is 4.75. The third-order valence-electron chi connectivity index (χ3n) is 2.68. The number of halogens is 2. The summed E-state index contributed by atoms with van der Waals surface area (Å²) < 4.78 is 0. The lowest BCUT2D eigenvalue weighted by atomic mass is 10.5. The Bertz CT molecular complexity index is 74.0. The summed E-state index contributed by atoms with van der Waals surface area (Å²) in [6, 6.07) is 0. The van der Waals surface area contributed by atoms with Gasteiger partial charge in [-0.05, 0) is 39.3 Å². The van der Waals surface area contributed by atoms with Gasteiger partial charge in [0.2, 0.25) is 0 Å². The Morgan fingerprint density at radius 3 is 0.625 bits per heavy atom. The van der Waals surface area contributed by atoms with Crippen LogP contribution in [0.3, 0.4) is 0 Å². The molecule has 0 amide bonds. The van der Waals surface area contributed by atoms with E-state index in [1.165, 1.54) is 39.3 Å². The highest BCUT2D eigenvalue weighted by molar-refractivity contribution is 8.93. The molecule has 0 aliphatic rings. The SMILES string of the molecule is Br.CCN(CC)CC.CCN(CC)CC.Cl. The molecule has 0 aliphatic heterocycles. The van der Waals surface area contributed by atoms with Gasteiger partial charge in [0.1, 0.15) is 0 Å². The van der Waals surface area contributed by atoms with E-state index in [4.69, 9.17) is 0 Å². The van der Waals surface area contributed by atoms with Gasteiger partial charge in [0.25, 0.3) is 0 Å². The van der Waals surface area contributed by atoms with E-state index in [9.17, 15) is 0 Å². The summed E-state index contributed by atoms with van der Waals surface area (Å²) in [5, 5.41) is 0. The second-order valence-corrected chi connectivity index (χ2v) is 3.24. The maximum absolute atomic E-state index is 2.38. The van der Waals surface area contributed by atoms with Gasteiger partial charge in [-0.25, -0.2) is 0 Å². The molecule has 0 radical (unpaired) electrons. The summed E-state index contributed by atoms with van der Waals surface area (Å²) in [6.07, 6.45) is 0. The third-order valence-corrected chi connectivity index (χ3v) is 2.68. The Kier molecular flexibility index (Phi) is 33.5. The lowest BCUT2D eigenvalue weighted by Crippen LogP contribution is -2.21.